The van der Waals surface area contributed by atoms with Crippen molar-refractivity contribution in [1.29, 1.82) is 0 Å². The van der Waals surface area contributed by atoms with Crippen LogP contribution < -0.4 is 10.6 Å². The maximum absolute atomic E-state index is 14.0. The first kappa shape index (κ1) is 32.4. The van der Waals surface area contributed by atoms with Crippen LogP contribution in [0.4, 0.5) is 4.79 Å². The minimum atomic E-state index is -1.03. The van der Waals surface area contributed by atoms with Crippen molar-refractivity contribution < 1.29 is 23.9 Å². The van der Waals surface area contributed by atoms with Crippen molar-refractivity contribution in [2.45, 2.75) is 97.6 Å². The number of likely N-dealkylation sites (N-methyl/N-ethyl adjacent to an activating group) is 1. The number of rotatable bonds is 8. The van der Waals surface area contributed by atoms with E-state index < -0.39 is 53.1 Å². The molecule has 0 aromatic heterocycles. The molecule has 0 bridgehead atoms. The van der Waals surface area contributed by atoms with Gasteiger partial charge in [-0.1, -0.05) is 56.2 Å². The molecule has 0 radical (unpaired) electrons. The van der Waals surface area contributed by atoms with Crippen LogP contribution >= 0.6 is 0 Å². The van der Waals surface area contributed by atoms with Crippen LogP contribution in [0.5, 0.6) is 0 Å². The average Bonchev–Trinajstić information content (AvgIpc) is 3.29. The molecule has 12 heteroatoms. The number of azide groups is 1. The van der Waals surface area contributed by atoms with E-state index in [2.05, 4.69) is 20.7 Å². The predicted octanol–water partition coefficient (Wildman–Crippen LogP) is 3.93. The molecule has 220 valence electrons. The first-order valence-corrected chi connectivity index (χ1v) is 13.4. The van der Waals surface area contributed by atoms with E-state index >= 15 is 0 Å². The SMILES string of the molecule is C[C@@H](NC(=O)[C@@H]1C[C@H](N=[N+]=[N-])CN1C(=O)[C@@H](NC(=O)[C@H](C)N(C)C(=O)OC(C)(C)C)C(C)(C)C)c1ccccc1. The van der Waals surface area contributed by atoms with E-state index in [0.29, 0.717) is 0 Å². The van der Waals surface area contributed by atoms with Gasteiger partial charge >= 0.3 is 6.09 Å². The van der Waals surface area contributed by atoms with Crippen LogP contribution in [-0.4, -0.2) is 77.0 Å². The zero-order chi connectivity index (χ0) is 30.4. The topological polar surface area (TPSA) is 157 Å². The molecule has 1 aromatic rings. The van der Waals surface area contributed by atoms with Crippen LogP contribution in [0.1, 0.15) is 73.4 Å². The number of ether oxygens (including phenoxy) is 1. The third kappa shape index (κ3) is 8.61. The second-order valence-corrected chi connectivity index (χ2v) is 12.3. The normalized spacial score (nSPS) is 19.5. The van der Waals surface area contributed by atoms with Crippen molar-refractivity contribution in [1.82, 2.24) is 20.4 Å². The lowest BCUT2D eigenvalue weighted by molar-refractivity contribution is -0.144. The van der Waals surface area contributed by atoms with Gasteiger partial charge in [-0.25, -0.2) is 4.79 Å². The van der Waals surface area contributed by atoms with E-state index in [1.165, 1.54) is 23.8 Å². The van der Waals surface area contributed by atoms with Gasteiger partial charge in [0.05, 0.1) is 12.1 Å². The third-order valence-corrected chi connectivity index (χ3v) is 6.78. The summed E-state index contributed by atoms with van der Waals surface area (Å²) < 4.78 is 5.36. The van der Waals surface area contributed by atoms with E-state index in [1.807, 2.05) is 37.3 Å². The smallest absolute Gasteiger partial charge is 0.410 e. The summed E-state index contributed by atoms with van der Waals surface area (Å²) in [6.07, 6.45) is -0.513. The Bertz CT molecular complexity index is 1120. The minimum Gasteiger partial charge on any atom is -0.444 e. The van der Waals surface area contributed by atoms with Crippen molar-refractivity contribution in [3.8, 4) is 0 Å². The number of carbonyl (C=O) groups excluding carboxylic acids is 4. The number of hydrogen-bond donors (Lipinski definition) is 2. The van der Waals surface area contributed by atoms with Gasteiger partial charge in [-0.05, 0) is 57.5 Å². The molecule has 0 saturated carbocycles. The highest BCUT2D eigenvalue weighted by molar-refractivity contribution is 5.94. The van der Waals surface area contributed by atoms with Crippen molar-refractivity contribution in [2.75, 3.05) is 13.6 Å². The van der Waals surface area contributed by atoms with Crippen molar-refractivity contribution in [3.63, 3.8) is 0 Å². The van der Waals surface area contributed by atoms with Crippen molar-refractivity contribution in [2.24, 2.45) is 10.5 Å². The van der Waals surface area contributed by atoms with E-state index in [0.717, 1.165) is 5.56 Å². The molecule has 5 atom stereocenters. The van der Waals surface area contributed by atoms with Gasteiger partial charge in [-0.15, -0.1) is 0 Å². The van der Waals surface area contributed by atoms with Gasteiger partial charge in [-0.2, -0.15) is 0 Å². The summed E-state index contributed by atoms with van der Waals surface area (Å²) >= 11 is 0. The Labute approximate surface area is 236 Å². The van der Waals surface area contributed by atoms with Crippen LogP contribution in [0.15, 0.2) is 35.4 Å². The predicted molar refractivity (Wildman–Crippen MR) is 151 cm³/mol. The van der Waals surface area contributed by atoms with Crippen LogP contribution in [0.3, 0.4) is 0 Å². The van der Waals surface area contributed by atoms with E-state index in [1.54, 1.807) is 41.5 Å². The van der Waals surface area contributed by atoms with Crippen LogP contribution in [-0.2, 0) is 19.1 Å². The van der Waals surface area contributed by atoms with Crippen LogP contribution in [0.2, 0.25) is 0 Å². The fraction of sp³-hybridized carbons (Fsp3) is 0.643. The highest BCUT2D eigenvalue weighted by Gasteiger charge is 2.45. The summed E-state index contributed by atoms with van der Waals surface area (Å²) in [4.78, 5) is 58.5. The fourth-order valence-corrected chi connectivity index (χ4v) is 4.34. The number of hydrogen-bond acceptors (Lipinski definition) is 6. The lowest BCUT2D eigenvalue weighted by Gasteiger charge is -2.37. The monoisotopic (exact) mass is 557 g/mol. The van der Waals surface area contributed by atoms with Crippen molar-refractivity contribution >= 4 is 23.8 Å². The lowest BCUT2D eigenvalue weighted by atomic mass is 9.85. The molecule has 2 rings (SSSR count). The molecule has 12 nitrogen and oxygen atoms in total. The minimum absolute atomic E-state index is 0.0382. The number of nitrogens with zero attached hydrogens (tertiary/aromatic N) is 5. The summed E-state index contributed by atoms with van der Waals surface area (Å²) in [5, 5.41) is 9.52. The number of carbonyl (C=O) groups is 4. The number of nitrogens with one attached hydrogen (secondary N) is 2. The molecule has 0 aliphatic carbocycles. The number of likely N-dealkylation sites (tertiary alicyclic amines) is 1. The summed E-state index contributed by atoms with van der Waals surface area (Å²) in [6.45, 7) is 14.0. The Hall–Kier alpha value is -3.79. The van der Waals surface area contributed by atoms with Gasteiger partial charge in [0.1, 0.15) is 23.7 Å². The second kappa shape index (κ2) is 13.0. The molecule has 4 amide bonds. The van der Waals surface area contributed by atoms with Crippen LogP contribution in [0, 0.1) is 5.41 Å². The molecule has 0 unspecified atom stereocenters. The first-order valence-electron chi connectivity index (χ1n) is 13.4. The average molecular weight is 558 g/mol. The molecular formula is C28H43N7O5. The fourth-order valence-electron chi connectivity index (χ4n) is 4.34. The van der Waals surface area contributed by atoms with Gasteiger partial charge in [-0.3, -0.25) is 19.3 Å². The molecule has 1 heterocycles. The molecule has 1 fully saturated rings. The van der Waals surface area contributed by atoms with Gasteiger partial charge in [0.25, 0.3) is 0 Å². The maximum atomic E-state index is 14.0. The molecule has 2 N–H and O–H groups in total. The Kier molecular flexibility index (Phi) is 10.6. The zero-order valence-corrected chi connectivity index (χ0v) is 25.0. The standard InChI is InChI=1S/C28H43N7O5/c1-17(19-13-11-10-12-14-19)30-24(37)21-15-20(32-33-29)16-35(21)25(38)22(27(3,4)5)31-23(36)18(2)34(9)26(39)40-28(6,7)8/h10-14,17-18,20-22H,15-16H2,1-9H3,(H,30,37)(H,31,36)/t17-,18+,20+,21+,22-/m1/s1. The Morgan fingerprint density at radius 3 is 2.20 bits per heavy atom. The molecule has 0 spiro atoms. The highest BCUT2D eigenvalue weighted by atomic mass is 16.6. The molecule has 40 heavy (non-hydrogen) atoms. The Balaban J connectivity index is 2.27. The molecule has 1 aromatic carbocycles. The van der Waals surface area contributed by atoms with Crippen molar-refractivity contribution in [3.05, 3.63) is 46.3 Å². The molecule has 1 saturated heterocycles. The first-order chi connectivity index (χ1) is 18.5. The van der Waals surface area contributed by atoms with Gasteiger partial charge in [0.2, 0.25) is 17.7 Å². The molecule has 1 aliphatic rings. The van der Waals surface area contributed by atoms with Gasteiger partial charge in [0, 0.05) is 18.5 Å². The Morgan fingerprint density at radius 2 is 1.68 bits per heavy atom. The zero-order valence-electron chi connectivity index (χ0n) is 25.0. The largest absolute Gasteiger partial charge is 0.444 e. The summed E-state index contributed by atoms with van der Waals surface area (Å²) in [5.41, 5.74) is 8.43. The number of amides is 4. The lowest BCUT2D eigenvalue weighted by Crippen LogP contribution is -2.60. The van der Waals surface area contributed by atoms with E-state index in [-0.39, 0.29) is 24.9 Å². The molecule has 1 aliphatic heterocycles. The van der Waals surface area contributed by atoms with E-state index in [9.17, 15) is 19.2 Å². The Morgan fingerprint density at radius 1 is 1.07 bits per heavy atom. The maximum Gasteiger partial charge on any atom is 0.410 e. The number of benzene rings is 1. The van der Waals surface area contributed by atoms with E-state index in [4.69, 9.17) is 10.3 Å². The third-order valence-electron chi connectivity index (χ3n) is 6.78. The van der Waals surface area contributed by atoms with Crippen LogP contribution in [0.25, 0.3) is 10.4 Å². The summed E-state index contributed by atoms with van der Waals surface area (Å²) in [5.74, 6) is -1.40. The molecular weight excluding hydrogens is 514 g/mol. The van der Waals surface area contributed by atoms with Gasteiger partial charge < -0.3 is 20.3 Å². The summed E-state index contributed by atoms with van der Waals surface area (Å²) in [6, 6.07) is 5.66. The summed E-state index contributed by atoms with van der Waals surface area (Å²) in [7, 11) is 1.45. The van der Waals surface area contributed by atoms with Gasteiger partial charge in [0.15, 0.2) is 0 Å². The quantitative estimate of drug-likeness (QED) is 0.281. The highest BCUT2D eigenvalue weighted by Crippen LogP contribution is 2.28. The second-order valence-electron chi connectivity index (χ2n) is 12.3.